The highest BCUT2D eigenvalue weighted by molar-refractivity contribution is 14.1. The summed E-state index contributed by atoms with van der Waals surface area (Å²) in [5.41, 5.74) is 10.7. The van der Waals surface area contributed by atoms with Crippen LogP contribution in [0.1, 0.15) is 32.7 Å². The highest BCUT2D eigenvalue weighted by Gasteiger charge is 2.12. The summed E-state index contributed by atoms with van der Waals surface area (Å²) < 4.78 is 10.0. The van der Waals surface area contributed by atoms with E-state index in [1.807, 2.05) is 54.6 Å². The summed E-state index contributed by atoms with van der Waals surface area (Å²) in [4.78, 5) is 12.8. The molecule has 0 aliphatic rings. The summed E-state index contributed by atoms with van der Waals surface area (Å²) in [7, 11) is 0. The molecule has 200 valence electrons. The number of nitrogens with one attached hydrogen (secondary N) is 1. The fourth-order valence-electron chi connectivity index (χ4n) is 4.34. The molecule has 0 aliphatic carbocycles. The number of aromatic nitrogens is 1. The molecule has 1 aromatic heterocycles. The summed E-state index contributed by atoms with van der Waals surface area (Å²) in [5, 5.41) is 4.18. The van der Waals surface area contributed by atoms with E-state index in [9.17, 15) is 4.79 Å². The van der Waals surface area contributed by atoms with Crippen molar-refractivity contribution in [2.75, 3.05) is 0 Å². The predicted octanol–water partition coefficient (Wildman–Crippen LogP) is 8.47. The molecule has 0 spiro atoms. The maximum atomic E-state index is 12.8. The average Bonchev–Trinajstić information content (AvgIpc) is 3.35. The monoisotopic (exact) mass is 703 g/mol. The Kier molecular flexibility index (Phi) is 8.81. The predicted molar refractivity (Wildman–Crippen MR) is 173 cm³/mol. The first kappa shape index (κ1) is 27.9. The maximum absolute atomic E-state index is 12.8. The fraction of sp³-hybridized carbons (Fsp3) is 0.0909. The van der Waals surface area contributed by atoms with Crippen LogP contribution in [-0.4, -0.2) is 16.7 Å². The molecule has 1 N–H and O–H groups in total. The summed E-state index contributed by atoms with van der Waals surface area (Å²) in [5.74, 6) is 0.498. The Balaban J connectivity index is 1.23. The first-order valence-electron chi connectivity index (χ1n) is 12.7. The van der Waals surface area contributed by atoms with E-state index >= 15 is 0 Å². The van der Waals surface area contributed by atoms with Crippen LogP contribution in [0.3, 0.4) is 0 Å². The zero-order chi connectivity index (χ0) is 28.1. The van der Waals surface area contributed by atoms with Crippen molar-refractivity contribution in [1.82, 2.24) is 9.99 Å². The van der Waals surface area contributed by atoms with Crippen LogP contribution in [0.4, 0.5) is 0 Å². The molecule has 7 heteroatoms. The molecule has 0 unspecified atom stereocenters. The minimum atomic E-state index is -0.276. The standard InChI is InChI=1S/C33H27BrIN3O2/c1-22-8-11-24(12-9-22)21-40-32-29(34)18-25(19-30(32)35)20-36-37-33(39)27-13-15-28(16-14-27)38-23(2)10-17-31(38)26-6-4-3-5-7-26/h3-20H,21H2,1-2H3,(H,37,39)/b36-20+. The lowest BCUT2D eigenvalue weighted by Crippen LogP contribution is -2.17. The van der Waals surface area contributed by atoms with Gasteiger partial charge in [0.1, 0.15) is 12.4 Å². The van der Waals surface area contributed by atoms with Crippen molar-refractivity contribution in [1.29, 1.82) is 0 Å². The van der Waals surface area contributed by atoms with Gasteiger partial charge in [-0.05, 0) is 118 Å². The zero-order valence-electron chi connectivity index (χ0n) is 22.1. The first-order chi connectivity index (χ1) is 19.4. The lowest BCUT2D eigenvalue weighted by atomic mass is 10.1. The molecule has 5 nitrogen and oxygen atoms in total. The molecule has 0 saturated carbocycles. The van der Waals surface area contributed by atoms with Crippen LogP contribution in [0.15, 0.2) is 113 Å². The Morgan fingerprint density at radius 1 is 0.950 bits per heavy atom. The molecular weight excluding hydrogens is 677 g/mol. The minimum absolute atomic E-state index is 0.276. The van der Waals surface area contributed by atoms with Crippen molar-refractivity contribution in [3.8, 4) is 22.7 Å². The van der Waals surface area contributed by atoms with Gasteiger partial charge in [0.25, 0.3) is 5.91 Å². The Labute approximate surface area is 256 Å². The number of benzene rings is 4. The van der Waals surface area contributed by atoms with Crippen molar-refractivity contribution in [3.05, 3.63) is 139 Å². The van der Waals surface area contributed by atoms with E-state index in [-0.39, 0.29) is 5.91 Å². The van der Waals surface area contributed by atoms with Gasteiger partial charge in [0.2, 0.25) is 0 Å². The number of nitrogens with zero attached hydrogens (tertiary/aromatic N) is 2. The van der Waals surface area contributed by atoms with Crippen LogP contribution < -0.4 is 10.2 Å². The van der Waals surface area contributed by atoms with Gasteiger partial charge in [-0.2, -0.15) is 5.10 Å². The molecule has 1 heterocycles. The quantitative estimate of drug-likeness (QED) is 0.100. The lowest BCUT2D eigenvalue weighted by Gasteiger charge is -2.13. The van der Waals surface area contributed by atoms with Crippen LogP contribution in [0.5, 0.6) is 5.75 Å². The second-order valence-electron chi connectivity index (χ2n) is 9.40. The first-order valence-corrected chi connectivity index (χ1v) is 14.6. The molecule has 40 heavy (non-hydrogen) atoms. The van der Waals surface area contributed by atoms with Gasteiger partial charge in [-0.1, -0.05) is 60.2 Å². The number of rotatable bonds is 8. The molecular formula is C33H27BrIN3O2. The Morgan fingerprint density at radius 2 is 1.68 bits per heavy atom. The number of hydrogen-bond acceptors (Lipinski definition) is 3. The van der Waals surface area contributed by atoms with Crippen LogP contribution >= 0.6 is 38.5 Å². The van der Waals surface area contributed by atoms with E-state index in [4.69, 9.17) is 4.74 Å². The molecule has 5 aromatic rings. The summed E-state index contributed by atoms with van der Waals surface area (Å²) in [6.07, 6.45) is 1.62. The van der Waals surface area contributed by atoms with Gasteiger partial charge in [0.15, 0.2) is 0 Å². The van der Waals surface area contributed by atoms with E-state index < -0.39 is 0 Å². The smallest absolute Gasteiger partial charge is 0.271 e. The Bertz CT molecular complexity index is 1640. The molecule has 1 amide bonds. The van der Waals surface area contributed by atoms with Gasteiger partial charge >= 0.3 is 0 Å². The molecule has 0 atom stereocenters. The van der Waals surface area contributed by atoms with Gasteiger partial charge in [0, 0.05) is 16.9 Å². The van der Waals surface area contributed by atoms with Crippen LogP contribution in [-0.2, 0) is 6.61 Å². The van der Waals surface area contributed by atoms with Crippen LogP contribution in [0.25, 0.3) is 16.9 Å². The third kappa shape index (κ3) is 6.54. The normalized spacial score (nSPS) is 11.1. The van der Waals surface area contributed by atoms with Gasteiger partial charge in [0.05, 0.1) is 20.0 Å². The third-order valence-corrected chi connectivity index (χ3v) is 7.83. The number of hydrazone groups is 1. The topological polar surface area (TPSA) is 55.6 Å². The van der Waals surface area contributed by atoms with E-state index in [0.29, 0.717) is 12.2 Å². The summed E-state index contributed by atoms with van der Waals surface area (Å²) >= 11 is 5.85. The van der Waals surface area contributed by atoms with Crippen molar-refractivity contribution >= 4 is 50.6 Å². The van der Waals surface area contributed by atoms with E-state index in [1.54, 1.807) is 6.21 Å². The summed E-state index contributed by atoms with van der Waals surface area (Å²) in [6, 6.07) is 34.2. The van der Waals surface area contributed by atoms with E-state index in [2.05, 4.69) is 116 Å². The number of carbonyl (C=O) groups is 1. The molecule has 0 radical (unpaired) electrons. The van der Waals surface area contributed by atoms with Crippen molar-refractivity contribution in [2.45, 2.75) is 20.5 Å². The highest BCUT2D eigenvalue weighted by atomic mass is 127. The molecule has 0 bridgehead atoms. The number of halogens is 2. The van der Waals surface area contributed by atoms with Gasteiger partial charge in [-0.15, -0.1) is 0 Å². The third-order valence-electron chi connectivity index (χ3n) is 6.44. The van der Waals surface area contributed by atoms with E-state index in [0.717, 1.165) is 47.6 Å². The zero-order valence-corrected chi connectivity index (χ0v) is 25.8. The molecule has 0 aliphatic heterocycles. The van der Waals surface area contributed by atoms with Gasteiger partial charge in [-0.25, -0.2) is 5.43 Å². The number of amides is 1. The van der Waals surface area contributed by atoms with Crippen molar-refractivity contribution in [2.24, 2.45) is 5.10 Å². The molecule has 4 aromatic carbocycles. The number of ether oxygens (including phenoxy) is 1. The highest BCUT2D eigenvalue weighted by Crippen LogP contribution is 2.32. The van der Waals surface area contributed by atoms with Crippen LogP contribution in [0, 0.1) is 17.4 Å². The second-order valence-corrected chi connectivity index (χ2v) is 11.4. The SMILES string of the molecule is Cc1ccc(COc2c(Br)cc(/C=N/NC(=O)c3ccc(-n4c(C)ccc4-c4ccccc4)cc3)cc2I)cc1. The van der Waals surface area contributed by atoms with E-state index in [1.165, 1.54) is 5.56 Å². The second kappa shape index (κ2) is 12.7. The van der Waals surface area contributed by atoms with Gasteiger partial charge < -0.3 is 9.30 Å². The fourth-order valence-corrected chi connectivity index (χ4v) is 6.11. The van der Waals surface area contributed by atoms with Crippen LogP contribution in [0.2, 0.25) is 0 Å². The lowest BCUT2D eigenvalue weighted by molar-refractivity contribution is 0.0955. The molecule has 0 fully saturated rings. The average molecular weight is 704 g/mol. The number of hydrogen-bond donors (Lipinski definition) is 1. The molecule has 0 saturated heterocycles. The number of carbonyl (C=O) groups excluding carboxylic acids is 1. The maximum Gasteiger partial charge on any atom is 0.271 e. The molecule has 5 rings (SSSR count). The Hall–Kier alpha value is -3.69. The van der Waals surface area contributed by atoms with Crippen molar-refractivity contribution in [3.63, 3.8) is 0 Å². The number of aryl methyl sites for hydroxylation is 2. The summed E-state index contributed by atoms with van der Waals surface area (Å²) in [6.45, 7) is 4.62. The Morgan fingerprint density at radius 3 is 2.38 bits per heavy atom. The largest absolute Gasteiger partial charge is 0.487 e. The minimum Gasteiger partial charge on any atom is -0.487 e. The van der Waals surface area contributed by atoms with Gasteiger partial charge in [-0.3, -0.25) is 4.79 Å². The van der Waals surface area contributed by atoms with Crippen molar-refractivity contribution < 1.29 is 9.53 Å².